The summed E-state index contributed by atoms with van der Waals surface area (Å²) in [5, 5.41) is 0. The third-order valence-electron chi connectivity index (χ3n) is 2.57. The van der Waals surface area contributed by atoms with Crippen molar-refractivity contribution in [2.75, 3.05) is 0 Å². The molecule has 1 aromatic rings. The molecule has 1 aliphatic carbocycles. The molecule has 0 bridgehead atoms. The van der Waals surface area contributed by atoms with E-state index in [1.807, 2.05) is 6.07 Å². The topological polar surface area (TPSA) is 69.4 Å². The molecule has 1 amide bonds. The van der Waals surface area contributed by atoms with Crippen molar-refractivity contribution in [3.63, 3.8) is 0 Å². The van der Waals surface area contributed by atoms with Crippen LogP contribution in [0, 0.1) is 5.41 Å². The summed E-state index contributed by atoms with van der Waals surface area (Å²) in [5.41, 5.74) is 4.09. The second kappa shape index (κ2) is 3.38. The number of para-hydroxylation sites is 1. The lowest BCUT2D eigenvalue weighted by atomic mass is 10.1. The van der Waals surface area contributed by atoms with Crippen LogP contribution in [0.5, 0.6) is 5.75 Å². The average Bonchev–Trinajstić information content (AvgIpc) is 2.99. The fourth-order valence-electron chi connectivity index (χ4n) is 1.37. The van der Waals surface area contributed by atoms with E-state index in [-0.39, 0.29) is 0 Å². The van der Waals surface area contributed by atoms with E-state index in [9.17, 15) is 9.59 Å². The van der Waals surface area contributed by atoms with Gasteiger partial charge in [0.2, 0.25) is 5.91 Å². The molecule has 0 aliphatic heterocycles. The summed E-state index contributed by atoms with van der Waals surface area (Å²) in [7, 11) is 0. The zero-order chi connectivity index (χ0) is 10.9. The maximum atomic E-state index is 11.6. The molecule has 1 aromatic carbocycles. The predicted molar refractivity (Wildman–Crippen MR) is 52.9 cm³/mol. The Kier molecular flexibility index (Phi) is 2.19. The number of esters is 1. The van der Waals surface area contributed by atoms with Gasteiger partial charge in [0.05, 0.1) is 0 Å². The van der Waals surface area contributed by atoms with Crippen molar-refractivity contribution in [3.05, 3.63) is 30.3 Å². The first-order chi connectivity index (χ1) is 7.15. The van der Waals surface area contributed by atoms with Gasteiger partial charge in [0.1, 0.15) is 11.2 Å². The van der Waals surface area contributed by atoms with Gasteiger partial charge >= 0.3 is 5.97 Å². The molecule has 0 heterocycles. The molecule has 0 spiro atoms. The van der Waals surface area contributed by atoms with Crippen molar-refractivity contribution < 1.29 is 14.3 Å². The zero-order valence-electron chi connectivity index (χ0n) is 8.10. The second-order valence-electron chi connectivity index (χ2n) is 3.65. The largest absolute Gasteiger partial charge is 0.426 e. The lowest BCUT2D eigenvalue weighted by Crippen LogP contribution is -2.35. The summed E-state index contributed by atoms with van der Waals surface area (Å²) in [6, 6.07) is 8.65. The number of carbonyl (C=O) groups excluding carboxylic acids is 2. The molecule has 0 unspecified atom stereocenters. The van der Waals surface area contributed by atoms with Gasteiger partial charge in [-0.05, 0) is 25.0 Å². The Bertz CT molecular complexity index is 396. The molecular formula is C11H11NO3. The number of carbonyl (C=O) groups is 2. The number of amides is 1. The van der Waals surface area contributed by atoms with E-state index in [2.05, 4.69) is 0 Å². The maximum Gasteiger partial charge on any atom is 0.327 e. The second-order valence-corrected chi connectivity index (χ2v) is 3.65. The molecular weight excluding hydrogens is 194 g/mol. The first-order valence-electron chi connectivity index (χ1n) is 4.72. The van der Waals surface area contributed by atoms with E-state index < -0.39 is 17.3 Å². The van der Waals surface area contributed by atoms with Gasteiger partial charge in [-0.15, -0.1) is 0 Å². The van der Waals surface area contributed by atoms with E-state index in [1.165, 1.54) is 0 Å². The van der Waals surface area contributed by atoms with Crippen LogP contribution in [0.15, 0.2) is 30.3 Å². The standard InChI is InChI=1S/C11H11NO3/c12-9(13)11(6-7-11)10(14)15-8-4-2-1-3-5-8/h1-5H,6-7H2,(H2,12,13). The van der Waals surface area contributed by atoms with E-state index in [4.69, 9.17) is 10.5 Å². The predicted octanol–water partition coefficient (Wildman–Crippen LogP) is 0.857. The molecule has 0 radical (unpaired) electrons. The molecule has 1 saturated carbocycles. The number of benzene rings is 1. The van der Waals surface area contributed by atoms with Crippen LogP contribution in [-0.4, -0.2) is 11.9 Å². The summed E-state index contributed by atoms with van der Waals surface area (Å²) in [4.78, 5) is 22.7. The van der Waals surface area contributed by atoms with Crippen LogP contribution in [0.4, 0.5) is 0 Å². The van der Waals surface area contributed by atoms with Gasteiger partial charge < -0.3 is 10.5 Å². The highest BCUT2D eigenvalue weighted by Crippen LogP contribution is 2.46. The van der Waals surface area contributed by atoms with Gasteiger partial charge in [-0.25, -0.2) is 0 Å². The van der Waals surface area contributed by atoms with Gasteiger partial charge in [-0.1, -0.05) is 18.2 Å². The van der Waals surface area contributed by atoms with Crippen LogP contribution in [0.2, 0.25) is 0 Å². The number of primary amides is 1. The first kappa shape index (κ1) is 9.71. The molecule has 2 N–H and O–H groups in total. The SMILES string of the molecule is NC(=O)C1(C(=O)Oc2ccccc2)CC1. The van der Waals surface area contributed by atoms with Gasteiger partial charge in [0.15, 0.2) is 0 Å². The quantitative estimate of drug-likeness (QED) is 0.452. The number of ether oxygens (including phenoxy) is 1. The van der Waals surface area contributed by atoms with Crippen LogP contribution < -0.4 is 10.5 Å². The molecule has 2 rings (SSSR count). The van der Waals surface area contributed by atoms with Crippen LogP contribution in [0.25, 0.3) is 0 Å². The van der Waals surface area contributed by atoms with Gasteiger partial charge in [-0.2, -0.15) is 0 Å². The first-order valence-corrected chi connectivity index (χ1v) is 4.72. The number of nitrogens with two attached hydrogens (primary N) is 1. The Labute approximate surface area is 87.0 Å². The van der Waals surface area contributed by atoms with E-state index in [0.29, 0.717) is 18.6 Å². The van der Waals surface area contributed by atoms with Crippen LogP contribution in [0.3, 0.4) is 0 Å². The van der Waals surface area contributed by atoms with E-state index >= 15 is 0 Å². The third-order valence-corrected chi connectivity index (χ3v) is 2.57. The minimum Gasteiger partial charge on any atom is -0.426 e. The molecule has 4 heteroatoms. The smallest absolute Gasteiger partial charge is 0.327 e. The zero-order valence-corrected chi connectivity index (χ0v) is 8.10. The number of hydrogen-bond acceptors (Lipinski definition) is 3. The average molecular weight is 205 g/mol. The highest BCUT2D eigenvalue weighted by atomic mass is 16.5. The Morgan fingerprint density at radius 1 is 1.20 bits per heavy atom. The number of hydrogen-bond donors (Lipinski definition) is 1. The monoisotopic (exact) mass is 205 g/mol. The Morgan fingerprint density at radius 3 is 2.27 bits per heavy atom. The van der Waals surface area contributed by atoms with Crippen LogP contribution >= 0.6 is 0 Å². The fourth-order valence-corrected chi connectivity index (χ4v) is 1.37. The van der Waals surface area contributed by atoms with Gasteiger partial charge in [0, 0.05) is 0 Å². The van der Waals surface area contributed by atoms with Crippen molar-refractivity contribution in [3.8, 4) is 5.75 Å². The van der Waals surface area contributed by atoms with Crippen molar-refractivity contribution in [2.45, 2.75) is 12.8 Å². The normalized spacial score (nSPS) is 16.8. The number of rotatable bonds is 3. The van der Waals surface area contributed by atoms with Crippen LogP contribution in [-0.2, 0) is 9.59 Å². The Morgan fingerprint density at radius 2 is 1.80 bits per heavy atom. The molecule has 78 valence electrons. The lowest BCUT2D eigenvalue weighted by Gasteiger charge is -2.09. The van der Waals surface area contributed by atoms with E-state index in [1.54, 1.807) is 24.3 Å². The minimum absolute atomic E-state index is 0.440. The Hall–Kier alpha value is -1.84. The van der Waals surface area contributed by atoms with Gasteiger partial charge in [-0.3, -0.25) is 9.59 Å². The molecule has 15 heavy (non-hydrogen) atoms. The van der Waals surface area contributed by atoms with Crippen molar-refractivity contribution in [1.82, 2.24) is 0 Å². The molecule has 1 aliphatic rings. The highest BCUT2D eigenvalue weighted by molar-refractivity contribution is 6.05. The van der Waals surface area contributed by atoms with Crippen molar-refractivity contribution in [2.24, 2.45) is 11.1 Å². The maximum absolute atomic E-state index is 11.6. The molecule has 1 fully saturated rings. The van der Waals surface area contributed by atoms with Crippen LogP contribution in [0.1, 0.15) is 12.8 Å². The van der Waals surface area contributed by atoms with Crippen molar-refractivity contribution in [1.29, 1.82) is 0 Å². The van der Waals surface area contributed by atoms with E-state index in [0.717, 1.165) is 0 Å². The summed E-state index contributed by atoms with van der Waals surface area (Å²) in [6.45, 7) is 0. The van der Waals surface area contributed by atoms with Crippen molar-refractivity contribution >= 4 is 11.9 Å². The molecule has 0 atom stereocenters. The summed E-state index contributed by atoms with van der Waals surface area (Å²) in [6.07, 6.45) is 0.988. The fraction of sp³-hybridized carbons (Fsp3) is 0.273. The lowest BCUT2D eigenvalue weighted by molar-refractivity contribution is -0.145. The summed E-state index contributed by atoms with van der Waals surface area (Å²) >= 11 is 0. The summed E-state index contributed by atoms with van der Waals surface area (Å²) < 4.78 is 5.06. The van der Waals surface area contributed by atoms with Gasteiger partial charge in [0.25, 0.3) is 0 Å². The highest BCUT2D eigenvalue weighted by Gasteiger charge is 2.57. The minimum atomic E-state index is -1.06. The Balaban J connectivity index is 2.08. The molecule has 0 aromatic heterocycles. The molecule has 0 saturated heterocycles. The molecule has 4 nitrogen and oxygen atoms in total. The summed E-state index contributed by atoms with van der Waals surface area (Å²) in [5.74, 6) is -0.695. The third kappa shape index (κ3) is 1.70.